The fourth-order valence-corrected chi connectivity index (χ4v) is 2.00. The Labute approximate surface area is 112 Å². The smallest absolute Gasteiger partial charge is 0.339 e. The molecule has 0 radical (unpaired) electrons. The number of benzene rings is 1. The van der Waals surface area contributed by atoms with E-state index in [9.17, 15) is 18.3 Å². The van der Waals surface area contributed by atoms with Gasteiger partial charge in [-0.15, -0.1) is 0 Å². The predicted octanol–water partition coefficient (Wildman–Crippen LogP) is 0.189. The zero-order valence-electron chi connectivity index (χ0n) is 9.63. The van der Waals surface area contributed by atoms with E-state index in [4.69, 9.17) is 9.66 Å². The van der Waals surface area contributed by atoms with Gasteiger partial charge in [0.2, 0.25) is 0 Å². The van der Waals surface area contributed by atoms with Gasteiger partial charge in [0, 0.05) is 0 Å². The van der Waals surface area contributed by atoms with E-state index in [0.29, 0.717) is 6.07 Å². The molecule has 0 fully saturated rings. The Balaban J connectivity index is 2.81. The summed E-state index contributed by atoms with van der Waals surface area (Å²) in [6.07, 6.45) is 2.17. The average molecular weight is 297 g/mol. The lowest BCUT2D eigenvalue weighted by Crippen LogP contribution is -2.05. The first-order valence-electron chi connectivity index (χ1n) is 5.01. The number of nitrogens with zero attached hydrogens (tertiary/aromatic N) is 3. The molecule has 0 bridgehead atoms. The molecule has 9 nitrogen and oxygen atoms in total. The van der Waals surface area contributed by atoms with Crippen LogP contribution in [0.3, 0.4) is 0 Å². The van der Waals surface area contributed by atoms with Gasteiger partial charge in [0.1, 0.15) is 24.0 Å². The highest BCUT2D eigenvalue weighted by Crippen LogP contribution is 2.32. The maximum Gasteiger partial charge on any atom is 0.339 e. The summed E-state index contributed by atoms with van der Waals surface area (Å²) in [5.74, 6) is -2.41. The quantitative estimate of drug-likeness (QED) is 0.674. The third-order valence-corrected chi connectivity index (χ3v) is 3.18. The second-order valence-electron chi connectivity index (χ2n) is 3.61. The van der Waals surface area contributed by atoms with Crippen LogP contribution in [0.25, 0.3) is 11.4 Å². The second kappa shape index (κ2) is 4.83. The highest BCUT2D eigenvalue weighted by molar-refractivity contribution is 7.85. The molecule has 0 aliphatic carbocycles. The lowest BCUT2D eigenvalue weighted by atomic mass is 10.1. The van der Waals surface area contributed by atoms with Crippen LogP contribution in [-0.4, -0.2) is 44.1 Å². The van der Waals surface area contributed by atoms with Crippen molar-refractivity contribution in [1.82, 2.24) is 15.0 Å². The van der Waals surface area contributed by atoms with Crippen molar-refractivity contribution in [2.24, 2.45) is 0 Å². The van der Waals surface area contributed by atoms with E-state index >= 15 is 0 Å². The van der Waals surface area contributed by atoms with Crippen LogP contribution in [0, 0.1) is 0 Å². The number of hydrogen-bond donors (Lipinski definition) is 3. The Morgan fingerprint density at radius 3 is 2.25 bits per heavy atom. The van der Waals surface area contributed by atoms with Crippen LogP contribution in [0.1, 0.15) is 10.4 Å². The van der Waals surface area contributed by atoms with Crippen molar-refractivity contribution in [2.75, 3.05) is 0 Å². The van der Waals surface area contributed by atoms with E-state index in [1.165, 1.54) is 0 Å². The molecule has 1 heterocycles. The van der Waals surface area contributed by atoms with E-state index in [0.717, 1.165) is 18.7 Å². The van der Waals surface area contributed by atoms with Gasteiger partial charge in [-0.05, 0) is 12.1 Å². The summed E-state index contributed by atoms with van der Waals surface area (Å²) in [6, 6.07) is 1.50. The predicted molar refractivity (Wildman–Crippen MR) is 63.7 cm³/mol. The molecule has 20 heavy (non-hydrogen) atoms. The lowest BCUT2D eigenvalue weighted by molar-refractivity contribution is 0.0693. The van der Waals surface area contributed by atoms with Gasteiger partial charge < -0.3 is 10.2 Å². The van der Waals surface area contributed by atoms with Gasteiger partial charge in [-0.3, -0.25) is 4.55 Å². The fourth-order valence-electron chi connectivity index (χ4n) is 1.47. The summed E-state index contributed by atoms with van der Waals surface area (Å²) in [6.45, 7) is 0. The van der Waals surface area contributed by atoms with E-state index in [2.05, 4.69) is 15.0 Å². The van der Waals surface area contributed by atoms with Crippen molar-refractivity contribution in [3.63, 3.8) is 0 Å². The molecule has 0 saturated heterocycles. The van der Waals surface area contributed by atoms with Crippen molar-refractivity contribution < 1.29 is 28.0 Å². The Morgan fingerprint density at radius 1 is 1.15 bits per heavy atom. The Kier molecular flexibility index (Phi) is 3.34. The van der Waals surface area contributed by atoms with Crippen LogP contribution < -0.4 is 0 Å². The summed E-state index contributed by atoms with van der Waals surface area (Å²) < 4.78 is 31.3. The van der Waals surface area contributed by atoms with E-state index in [1.807, 2.05) is 0 Å². The van der Waals surface area contributed by atoms with Gasteiger partial charge >= 0.3 is 5.97 Å². The maximum absolute atomic E-state index is 11.1. The molecule has 104 valence electrons. The van der Waals surface area contributed by atoms with Crippen molar-refractivity contribution in [3.05, 3.63) is 30.4 Å². The zero-order chi connectivity index (χ0) is 14.9. The summed E-state index contributed by atoms with van der Waals surface area (Å²) in [5.41, 5.74) is -0.949. The molecule has 0 atom stereocenters. The molecule has 1 aromatic heterocycles. The summed E-state index contributed by atoms with van der Waals surface area (Å²) in [5, 5.41) is 18.8. The third-order valence-electron chi connectivity index (χ3n) is 2.35. The van der Waals surface area contributed by atoms with Gasteiger partial charge in [0.15, 0.2) is 5.82 Å². The normalized spacial score (nSPS) is 11.2. The molecule has 3 N–H and O–H groups in total. The van der Waals surface area contributed by atoms with Gasteiger partial charge in [0.25, 0.3) is 10.1 Å². The first-order valence-corrected chi connectivity index (χ1v) is 6.45. The molecule has 0 unspecified atom stereocenters. The first-order chi connectivity index (χ1) is 9.30. The minimum Gasteiger partial charge on any atom is -0.506 e. The zero-order valence-corrected chi connectivity index (χ0v) is 10.4. The highest BCUT2D eigenvalue weighted by atomic mass is 32.2. The summed E-state index contributed by atoms with van der Waals surface area (Å²) in [7, 11) is -4.65. The summed E-state index contributed by atoms with van der Waals surface area (Å²) >= 11 is 0. The van der Waals surface area contributed by atoms with Gasteiger partial charge in [-0.25, -0.2) is 19.7 Å². The lowest BCUT2D eigenvalue weighted by Gasteiger charge is -2.08. The van der Waals surface area contributed by atoms with Crippen LogP contribution in [0.15, 0.2) is 29.7 Å². The number of aromatic carboxylic acids is 1. The Morgan fingerprint density at radius 2 is 1.75 bits per heavy atom. The van der Waals surface area contributed by atoms with Crippen LogP contribution in [-0.2, 0) is 10.1 Å². The van der Waals surface area contributed by atoms with Gasteiger partial charge in [0.05, 0.1) is 10.5 Å². The number of hydrogen-bond acceptors (Lipinski definition) is 7. The minimum atomic E-state index is -4.65. The number of aromatic hydroxyl groups is 1. The standard InChI is InChI=1S/C10H7N3O6S/c14-8-6(9-12-3-11-4-13-9)1-5(20(17,18)19)2-7(8)10(15)16/h1-4,14H,(H,15,16)(H,17,18,19). The SMILES string of the molecule is O=C(O)c1cc(S(=O)(=O)O)cc(-c2ncncn2)c1O. The molecule has 0 aliphatic heterocycles. The number of aromatic nitrogens is 3. The van der Waals surface area contributed by atoms with E-state index < -0.39 is 32.3 Å². The Bertz CT molecular complexity index is 775. The minimum absolute atomic E-state index is 0.134. The molecule has 0 saturated carbocycles. The number of carbonyl (C=O) groups is 1. The molecular formula is C10H7N3O6S. The van der Waals surface area contributed by atoms with Crippen molar-refractivity contribution >= 4 is 16.1 Å². The molecule has 2 aromatic rings. The van der Waals surface area contributed by atoms with Gasteiger partial charge in [-0.2, -0.15) is 8.42 Å². The van der Waals surface area contributed by atoms with Crippen molar-refractivity contribution in [2.45, 2.75) is 4.90 Å². The van der Waals surface area contributed by atoms with Crippen LogP contribution in [0.5, 0.6) is 5.75 Å². The number of carboxylic acids is 1. The van der Waals surface area contributed by atoms with Crippen molar-refractivity contribution in [3.8, 4) is 17.1 Å². The highest BCUT2D eigenvalue weighted by Gasteiger charge is 2.22. The topological polar surface area (TPSA) is 151 Å². The molecule has 0 aliphatic rings. The molecule has 1 aromatic carbocycles. The molecule has 2 rings (SSSR count). The monoisotopic (exact) mass is 297 g/mol. The second-order valence-corrected chi connectivity index (χ2v) is 5.03. The van der Waals surface area contributed by atoms with Crippen LogP contribution >= 0.6 is 0 Å². The van der Waals surface area contributed by atoms with Crippen molar-refractivity contribution in [1.29, 1.82) is 0 Å². The molecule has 10 heteroatoms. The maximum atomic E-state index is 11.1. The number of carboxylic acid groups (broad SMARTS) is 1. The van der Waals surface area contributed by atoms with E-state index in [1.54, 1.807) is 0 Å². The average Bonchev–Trinajstić information content (AvgIpc) is 2.38. The Hall–Kier alpha value is -2.59. The molecule has 0 spiro atoms. The van der Waals surface area contributed by atoms with Gasteiger partial charge in [-0.1, -0.05) is 0 Å². The number of phenols is 1. The largest absolute Gasteiger partial charge is 0.506 e. The third kappa shape index (κ3) is 2.55. The number of rotatable bonds is 3. The molecule has 0 amide bonds. The van der Waals surface area contributed by atoms with E-state index in [-0.39, 0.29) is 11.4 Å². The molecular weight excluding hydrogens is 290 g/mol. The van der Waals surface area contributed by atoms with Crippen LogP contribution in [0.2, 0.25) is 0 Å². The van der Waals surface area contributed by atoms with Crippen LogP contribution in [0.4, 0.5) is 0 Å². The fraction of sp³-hybridized carbons (Fsp3) is 0. The first kappa shape index (κ1) is 13.8. The summed E-state index contributed by atoms with van der Waals surface area (Å²) in [4.78, 5) is 21.2.